The van der Waals surface area contributed by atoms with E-state index in [1.807, 2.05) is 0 Å². The van der Waals surface area contributed by atoms with Gasteiger partial charge >= 0.3 is 5.97 Å². The summed E-state index contributed by atoms with van der Waals surface area (Å²) in [6, 6.07) is 0. The summed E-state index contributed by atoms with van der Waals surface area (Å²) in [5.41, 5.74) is 0. The molecule has 0 fully saturated rings. The van der Waals surface area contributed by atoms with Crippen LogP contribution in [0.5, 0.6) is 0 Å². The van der Waals surface area contributed by atoms with Gasteiger partial charge in [-0.25, -0.2) is 0 Å². The number of allylic oxidation sites excluding steroid dienone is 2. The van der Waals surface area contributed by atoms with Crippen molar-refractivity contribution in [1.82, 2.24) is 0 Å². The molecule has 0 aliphatic heterocycles. The molecular formula is C14H26MnO2. The van der Waals surface area contributed by atoms with Gasteiger partial charge in [-0.1, -0.05) is 51.2 Å². The van der Waals surface area contributed by atoms with Crippen LogP contribution in [0, 0.1) is 0 Å². The molecule has 101 valence electrons. The molecule has 0 spiro atoms. The van der Waals surface area contributed by atoms with Crippen molar-refractivity contribution >= 4 is 5.97 Å². The Morgan fingerprint density at radius 1 is 0.941 bits per heavy atom. The van der Waals surface area contributed by atoms with Gasteiger partial charge in [0.25, 0.3) is 0 Å². The summed E-state index contributed by atoms with van der Waals surface area (Å²) in [7, 11) is 0. The number of rotatable bonds is 11. The maximum Gasteiger partial charge on any atom is 0.303 e. The van der Waals surface area contributed by atoms with Gasteiger partial charge in [0.15, 0.2) is 0 Å². The van der Waals surface area contributed by atoms with Gasteiger partial charge in [-0.05, 0) is 25.7 Å². The van der Waals surface area contributed by atoms with E-state index in [2.05, 4.69) is 19.1 Å². The van der Waals surface area contributed by atoms with Crippen LogP contribution in [0.2, 0.25) is 0 Å². The molecule has 0 saturated heterocycles. The first-order chi connectivity index (χ1) is 7.77. The SMILES string of the molecule is CCCCC=CCCCCCCCC(=O)O.[Mn]. The van der Waals surface area contributed by atoms with E-state index in [4.69, 9.17) is 5.11 Å². The third kappa shape index (κ3) is 18.3. The number of carbonyl (C=O) groups is 1. The summed E-state index contributed by atoms with van der Waals surface area (Å²) < 4.78 is 0. The first-order valence-electron chi connectivity index (χ1n) is 6.64. The van der Waals surface area contributed by atoms with Crippen molar-refractivity contribution in [2.75, 3.05) is 0 Å². The van der Waals surface area contributed by atoms with Crippen LogP contribution in [0.1, 0.15) is 71.1 Å². The molecule has 0 aromatic heterocycles. The fourth-order valence-corrected chi connectivity index (χ4v) is 1.63. The third-order valence-electron chi connectivity index (χ3n) is 2.65. The Balaban J connectivity index is 0. The van der Waals surface area contributed by atoms with Crippen LogP contribution in [0.3, 0.4) is 0 Å². The summed E-state index contributed by atoms with van der Waals surface area (Å²) in [6.45, 7) is 2.21. The van der Waals surface area contributed by atoms with Crippen molar-refractivity contribution in [2.24, 2.45) is 0 Å². The fourth-order valence-electron chi connectivity index (χ4n) is 1.63. The number of aliphatic carboxylic acids is 1. The van der Waals surface area contributed by atoms with E-state index in [1.165, 1.54) is 44.9 Å². The van der Waals surface area contributed by atoms with E-state index in [0.717, 1.165) is 12.8 Å². The van der Waals surface area contributed by atoms with E-state index in [1.54, 1.807) is 0 Å². The maximum atomic E-state index is 10.3. The number of unbranched alkanes of at least 4 members (excludes halogenated alkanes) is 7. The predicted octanol–water partition coefficient (Wildman–Crippen LogP) is 4.55. The molecule has 0 bridgehead atoms. The Hall–Kier alpha value is -0.271. The average Bonchev–Trinajstić information content (AvgIpc) is 2.25. The van der Waals surface area contributed by atoms with Crippen molar-refractivity contribution in [1.29, 1.82) is 0 Å². The van der Waals surface area contributed by atoms with Crippen LogP contribution in [-0.4, -0.2) is 11.1 Å². The molecule has 17 heavy (non-hydrogen) atoms. The Bertz CT molecular complexity index is 191. The monoisotopic (exact) mass is 281 g/mol. The maximum absolute atomic E-state index is 10.3. The van der Waals surface area contributed by atoms with Gasteiger partial charge in [0, 0.05) is 23.5 Å². The largest absolute Gasteiger partial charge is 0.481 e. The zero-order chi connectivity index (χ0) is 12.1. The van der Waals surface area contributed by atoms with Crippen LogP contribution in [-0.2, 0) is 21.9 Å². The van der Waals surface area contributed by atoms with Gasteiger partial charge in [-0.15, -0.1) is 0 Å². The molecule has 0 aromatic carbocycles. The van der Waals surface area contributed by atoms with Crippen molar-refractivity contribution in [2.45, 2.75) is 71.1 Å². The summed E-state index contributed by atoms with van der Waals surface area (Å²) in [4.78, 5) is 10.3. The summed E-state index contributed by atoms with van der Waals surface area (Å²) in [5.74, 6) is -0.668. The van der Waals surface area contributed by atoms with Crippen LogP contribution in [0.25, 0.3) is 0 Å². The Morgan fingerprint density at radius 2 is 1.47 bits per heavy atom. The second-order valence-corrected chi connectivity index (χ2v) is 4.31. The number of hydrogen-bond acceptors (Lipinski definition) is 1. The van der Waals surface area contributed by atoms with E-state index in [0.29, 0.717) is 6.42 Å². The first-order valence-corrected chi connectivity index (χ1v) is 6.64. The molecule has 0 atom stereocenters. The third-order valence-corrected chi connectivity index (χ3v) is 2.65. The van der Waals surface area contributed by atoms with Gasteiger partial charge in [-0.3, -0.25) is 4.79 Å². The fraction of sp³-hybridized carbons (Fsp3) is 0.786. The molecule has 0 amide bonds. The van der Waals surface area contributed by atoms with Gasteiger partial charge < -0.3 is 5.11 Å². The van der Waals surface area contributed by atoms with Crippen LogP contribution < -0.4 is 0 Å². The number of carboxylic acids is 1. The topological polar surface area (TPSA) is 37.3 Å². The molecule has 0 aromatic rings. The quantitative estimate of drug-likeness (QED) is 0.343. The van der Waals surface area contributed by atoms with E-state index >= 15 is 0 Å². The van der Waals surface area contributed by atoms with E-state index in [-0.39, 0.29) is 17.1 Å². The van der Waals surface area contributed by atoms with Crippen molar-refractivity contribution in [3.8, 4) is 0 Å². The van der Waals surface area contributed by atoms with Gasteiger partial charge in [0.2, 0.25) is 0 Å². The van der Waals surface area contributed by atoms with Gasteiger partial charge in [0.1, 0.15) is 0 Å². The Morgan fingerprint density at radius 3 is 2.06 bits per heavy atom. The zero-order valence-electron chi connectivity index (χ0n) is 11.0. The molecule has 0 saturated carbocycles. The van der Waals surface area contributed by atoms with Crippen molar-refractivity contribution in [3.63, 3.8) is 0 Å². The summed E-state index contributed by atoms with van der Waals surface area (Å²) in [5, 5.41) is 8.45. The molecule has 0 rings (SSSR count). The summed E-state index contributed by atoms with van der Waals surface area (Å²) in [6.07, 6.45) is 15.4. The van der Waals surface area contributed by atoms with E-state index in [9.17, 15) is 4.79 Å². The standard InChI is InChI=1S/C14H26O2.Mn/c1-2-3-4-5-6-7-8-9-10-11-12-13-14(15)16;/h5-6H,2-4,7-13H2,1H3,(H,15,16);. The van der Waals surface area contributed by atoms with Crippen LogP contribution in [0.4, 0.5) is 0 Å². The molecule has 1 N–H and O–H groups in total. The molecule has 0 heterocycles. The second-order valence-electron chi connectivity index (χ2n) is 4.31. The molecule has 2 nitrogen and oxygen atoms in total. The minimum absolute atomic E-state index is 0. The second kappa shape index (κ2) is 15.7. The van der Waals surface area contributed by atoms with Crippen molar-refractivity contribution < 1.29 is 27.0 Å². The first kappa shape index (κ1) is 19.1. The van der Waals surface area contributed by atoms with Crippen molar-refractivity contribution in [3.05, 3.63) is 12.2 Å². The average molecular weight is 281 g/mol. The van der Waals surface area contributed by atoms with Gasteiger partial charge in [-0.2, -0.15) is 0 Å². The van der Waals surface area contributed by atoms with Gasteiger partial charge in [0.05, 0.1) is 0 Å². The van der Waals surface area contributed by atoms with Crippen LogP contribution in [0.15, 0.2) is 12.2 Å². The predicted molar refractivity (Wildman–Crippen MR) is 68.6 cm³/mol. The molecule has 0 aliphatic rings. The minimum Gasteiger partial charge on any atom is -0.481 e. The molecule has 1 radical (unpaired) electrons. The van der Waals surface area contributed by atoms with Crippen LogP contribution >= 0.6 is 0 Å². The smallest absolute Gasteiger partial charge is 0.303 e. The normalized spacial score (nSPS) is 10.4. The summed E-state index contributed by atoms with van der Waals surface area (Å²) >= 11 is 0. The Labute approximate surface area is 116 Å². The molecule has 0 aliphatic carbocycles. The number of hydrogen-bond donors (Lipinski definition) is 1. The molecule has 3 heteroatoms. The molecular weight excluding hydrogens is 255 g/mol. The minimum atomic E-state index is -0.668. The van der Waals surface area contributed by atoms with E-state index < -0.39 is 5.97 Å². The zero-order valence-corrected chi connectivity index (χ0v) is 12.1. The Kier molecular flexibility index (Phi) is 17.7. The number of carboxylic acid groups (broad SMARTS) is 1. The molecule has 0 unspecified atom stereocenters.